The number of para-hydroxylation sites is 2. The van der Waals surface area contributed by atoms with E-state index >= 15 is 0 Å². The lowest BCUT2D eigenvalue weighted by atomic mass is 10.3. The molecule has 1 fully saturated rings. The van der Waals surface area contributed by atoms with E-state index in [1.165, 1.54) is 0 Å². The summed E-state index contributed by atoms with van der Waals surface area (Å²) in [4.78, 5) is 23.4. The first-order chi connectivity index (χ1) is 9.24. The fraction of sp³-hybridized carbons (Fsp3) is 0.429. The van der Waals surface area contributed by atoms with Gasteiger partial charge in [0.05, 0.1) is 11.0 Å². The number of likely N-dealkylation sites (N-methyl/N-ethyl adjacent to an activating group) is 1. The monoisotopic (exact) mass is 258 g/mol. The average Bonchev–Trinajstić information content (AvgIpc) is 3.01. The Bertz CT molecular complexity index is 559. The molecule has 0 radical (unpaired) electrons. The molecule has 2 heterocycles. The fourth-order valence-corrected chi connectivity index (χ4v) is 2.44. The van der Waals surface area contributed by atoms with Crippen LogP contribution in [0.1, 0.15) is 12.8 Å². The van der Waals surface area contributed by atoms with Crippen molar-refractivity contribution in [3.05, 3.63) is 24.3 Å². The van der Waals surface area contributed by atoms with Crippen LogP contribution >= 0.6 is 0 Å². The Hall–Kier alpha value is -2.04. The maximum absolute atomic E-state index is 11.5. The number of rotatable bonds is 4. The van der Waals surface area contributed by atoms with E-state index in [1.54, 1.807) is 0 Å². The van der Waals surface area contributed by atoms with Crippen LogP contribution in [-0.2, 0) is 4.79 Å². The lowest BCUT2D eigenvalue weighted by Crippen LogP contribution is -2.34. The van der Waals surface area contributed by atoms with Gasteiger partial charge in [0.15, 0.2) is 0 Å². The van der Waals surface area contributed by atoms with Gasteiger partial charge in [0.2, 0.25) is 11.9 Å². The van der Waals surface area contributed by atoms with Gasteiger partial charge in [-0.15, -0.1) is 0 Å². The third-order valence-corrected chi connectivity index (χ3v) is 3.62. The number of H-pyrrole nitrogens is 1. The SMILES string of the molecule is CN(CCN1CCCC1=O)c1nc2ccccc2[nH]1. The van der Waals surface area contributed by atoms with E-state index in [4.69, 9.17) is 0 Å². The summed E-state index contributed by atoms with van der Waals surface area (Å²) < 4.78 is 0. The van der Waals surface area contributed by atoms with Gasteiger partial charge >= 0.3 is 0 Å². The zero-order valence-electron chi connectivity index (χ0n) is 11.1. The molecule has 0 unspecified atom stereocenters. The second-order valence-electron chi connectivity index (χ2n) is 4.98. The number of aromatic amines is 1. The van der Waals surface area contributed by atoms with Gasteiger partial charge in [-0.2, -0.15) is 0 Å². The fourth-order valence-electron chi connectivity index (χ4n) is 2.44. The normalized spacial score (nSPS) is 15.4. The van der Waals surface area contributed by atoms with Gasteiger partial charge in [-0.1, -0.05) is 12.1 Å². The molecule has 0 atom stereocenters. The number of likely N-dealkylation sites (tertiary alicyclic amines) is 1. The van der Waals surface area contributed by atoms with Gasteiger partial charge in [-0.25, -0.2) is 4.98 Å². The maximum Gasteiger partial charge on any atom is 0.222 e. The molecule has 1 amide bonds. The molecule has 1 N–H and O–H groups in total. The second-order valence-corrected chi connectivity index (χ2v) is 4.98. The summed E-state index contributed by atoms with van der Waals surface area (Å²) in [5.41, 5.74) is 2.02. The Kier molecular flexibility index (Phi) is 3.11. The van der Waals surface area contributed by atoms with Gasteiger partial charge < -0.3 is 14.8 Å². The van der Waals surface area contributed by atoms with Crippen molar-refractivity contribution in [2.24, 2.45) is 0 Å². The van der Waals surface area contributed by atoms with Crippen LogP contribution in [0, 0.1) is 0 Å². The highest BCUT2D eigenvalue weighted by atomic mass is 16.2. The minimum absolute atomic E-state index is 0.276. The number of benzene rings is 1. The van der Waals surface area contributed by atoms with Crippen molar-refractivity contribution < 1.29 is 4.79 Å². The number of carbonyl (C=O) groups is 1. The van der Waals surface area contributed by atoms with Crippen LogP contribution in [0.4, 0.5) is 5.95 Å². The molecule has 0 bridgehead atoms. The Balaban J connectivity index is 1.66. The first-order valence-corrected chi connectivity index (χ1v) is 6.68. The van der Waals surface area contributed by atoms with Crippen LogP contribution in [0.25, 0.3) is 11.0 Å². The van der Waals surface area contributed by atoms with Crippen molar-refractivity contribution in [1.82, 2.24) is 14.9 Å². The number of imidazole rings is 1. The van der Waals surface area contributed by atoms with E-state index in [1.807, 2.05) is 36.2 Å². The molecular formula is C14H18N4O. The number of anilines is 1. The van der Waals surface area contributed by atoms with E-state index in [-0.39, 0.29) is 5.91 Å². The van der Waals surface area contributed by atoms with E-state index in [2.05, 4.69) is 14.9 Å². The maximum atomic E-state index is 11.5. The Morgan fingerprint density at radius 3 is 3.00 bits per heavy atom. The van der Waals surface area contributed by atoms with Crippen LogP contribution < -0.4 is 4.90 Å². The highest BCUT2D eigenvalue weighted by Crippen LogP contribution is 2.16. The van der Waals surface area contributed by atoms with Crippen molar-refractivity contribution in [2.75, 3.05) is 31.6 Å². The highest BCUT2D eigenvalue weighted by molar-refractivity contribution is 5.78. The van der Waals surface area contributed by atoms with E-state index in [9.17, 15) is 4.79 Å². The summed E-state index contributed by atoms with van der Waals surface area (Å²) in [7, 11) is 2.00. The first-order valence-electron chi connectivity index (χ1n) is 6.68. The molecule has 1 aromatic carbocycles. The summed E-state index contributed by atoms with van der Waals surface area (Å²) in [5.74, 6) is 1.13. The summed E-state index contributed by atoms with van der Waals surface area (Å²) in [6, 6.07) is 7.99. The number of hydrogen-bond donors (Lipinski definition) is 1. The van der Waals surface area contributed by atoms with Crippen molar-refractivity contribution in [2.45, 2.75) is 12.8 Å². The molecule has 0 saturated carbocycles. The smallest absolute Gasteiger partial charge is 0.222 e. The number of fused-ring (bicyclic) bond motifs is 1. The van der Waals surface area contributed by atoms with Gasteiger partial charge in [0, 0.05) is 33.1 Å². The van der Waals surface area contributed by atoms with Crippen LogP contribution in [0.5, 0.6) is 0 Å². The zero-order chi connectivity index (χ0) is 13.2. The molecule has 1 aromatic heterocycles. The molecule has 1 aliphatic rings. The van der Waals surface area contributed by atoms with Crippen LogP contribution in [0.2, 0.25) is 0 Å². The molecule has 3 rings (SSSR count). The molecule has 1 saturated heterocycles. The van der Waals surface area contributed by atoms with Gasteiger partial charge in [0.25, 0.3) is 0 Å². The topological polar surface area (TPSA) is 52.2 Å². The van der Waals surface area contributed by atoms with Crippen molar-refractivity contribution in [3.63, 3.8) is 0 Å². The quantitative estimate of drug-likeness (QED) is 0.906. The minimum Gasteiger partial charge on any atom is -0.344 e. The van der Waals surface area contributed by atoms with Crippen molar-refractivity contribution >= 4 is 22.9 Å². The number of hydrogen-bond acceptors (Lipinski definition) is 3. The van der Waals surface area contributed by atoms with Crippen LogP contribution in [-0.4, -0.2) is 47.5 Å². The first kappa shape index (κ1) is 12.0. The van der Waals surface area contributed by atoms with E-state index < -0.39 is 0 Å². The number of aromatic nitrogens is 2. The summed E-state index contributed by atoms with van der Waals surface area (Å²) >= 11 is 0. The third kappa shape index (κ3) is 2.41. The van der Waals surface area contributed by atoms with Crippen molar-refractivity contribution in [1.29, 1.82) is 0 Å². The number of nitrogens with zero attached hydrogens (tertiary/aromatic N) is 3. The Labute approximate surface area is 112 Å². The Morgan fingerprint density at radius 2 is 2.26 bits per heavy atom. The molecule has 5 heteroatoms. The predicted molar refractivity (Wildman–Crippen MR) is 75.2 cm³/mol. The highest BCUT2D eigenvalue weighted by Gasteiger charge is 2.20. The van der Waals surface area contributed by atoms with E-state index in [0.29, 0.717) is 6.42 Å². The van der Waals surface area contributed by atoms with Gasteiger partial charge in [0.1, 0.15) is 0 Å². The molecular weight excluding hydrogens is 240 g/mol. The minimum atomic E-state index is 0.276. The Morgan fingerprint density at radius 1 is 1.42 bits per heavy atom. The molecule has 0 spiro atoms. The lowest BCUT2D eigenvalue weighted by molar-refractivity contribution is -0.127. The number of nitrogens with one attached hydrogen (secondary N) is 1. The largest absolute Gasteiger partial charge is 0.344 e. The standard InChI is InChI=1S/C14H18N4O/c1-17(9-10-18-8-4-7-13(18)19)14-15-11-5-2-3-6-12(11)16-14/h2-3,5-6H,4,7-10H2,1H3,(H,15,16). The summed E-state index contributed by atoms with van der Waals surface area (Å²) in [6.45, 7) is 2.46. The zero-order valence-corrected chi connectivity index (χ0v) is 11.1. The van der Waals surface area contributed by atoms with Crippen LogP contribution in [0.15, 0.2) is 24.3 Å². The third-order valence-electron chi connectivity index (χ3n) is 3.62. The summed E-state index contributed by atoms with van der Waals surface area (Å²) in [5, 5.41) is 0. The molecule has 1 aliphatic heterocycles. The molecule has 5 nitrogen and oxygen atoms in total. The molecule has 0 aliphatic carbocycles. The molecule has 2 aromatic rings. The average molecular weight is 258 g/mol. The lowest BCUT2D eigenvalue weighted by Gasteiger charge is -2.21. The van der Waals surface area contributed by atoms with Crippen LogP contribution in [0.3, 0.4) is 0 Å². The predicted octanol–water partition coefficient (Wildman–Crippen LogP) is 1.62. The number of amides is 1. The van der Waals surface area contributed by atoms with Crippen molar-refractivity contribution in [3.8, 4) is 0 Å². The number of carbonyl (C=O) groups excluding carboxylic acids is 1. The van der Waals surface area contributed by atoms with E-state index in [0.717, 1.165) is 43.0 Å². The van der Waals surface area contributed by atoms with Gasteiger partial charge in [-0.05, 0) is 18.6 Å². The molecule has 100 valence electrons. The molecule has 19 heavy (non-hydrogen) atoms. The summed E-state index contributed by atoms with van der Waals surface area (Å²) in [6.07, 6.45) is 1.70. The van der Waals surface area contributed by atoms with Gasteiger partial charge in [-0.3, -0.25) is 4.79 Å². The second kappa shape index (κ2) is 4.91.